The maximum absolute atomic E-state index is 13.2. The largest absolute Gasteiger partial charge is 0.481 e. The molecule has 12 heteroatoms. The Hall–Kier alpha value is -3.93. The molecule has 214 valence electrons. The minimum absolute atomic E-state index is 0.0422. The molecule has 1 aromatic carbocycles. The zero-order chi connectivity index (χ0) is 29.3. The number of amides is 3. The van der Waals surface area contributed by atoms with Crippen LogP contribution in [-0.4, -0.2) is 69.0 Å². The van der Waals surface area contributed by atoms with Gasteiger partial charge in [0.1, 0.15) is 18.1 Å². The van der Waals surface area contributed by atoms with Crippen LogP contribution in [0.1, 0.15) is 52.5 Å². The van der Waals surface area contributed by atoms with E-state index in [0.29, 0.717) is 6.42 Å². The molecule has 0 aliphatic rings. The number of aromatic nitrogens is 1. The second kappa shape index (κ2) is 14.3. The van der Waals surface area contributed by atoms with Crippen molar-refractivity contribution in [3.63, 3.8) is 0 Å². The van der Waals surface area contributed by atoms with E-state index in [0.717, 1.165) is 16.5 Å². The number of hydrogen-bond donors (Lipinski definition) is 7. The van der Waals surface area contributed by atoms with Gasteiger partial charge in [0.25, 0.3) is 0 Å². The number of hydrogen-bond acceptors (Lipinski definition) is 6. The fourth-order valence-electron chi connectivity index (χ4n) is 4.20. The second-order valence-corrected chi connectivity index (χ2v) is 10.2. The van der Waals surface area contributed by atoms with E-state index in [-0.39, 0.29) is 18.8 Å². The lowest BCUT2D eigenvalue weighted by atomic mass is 9.98. The maximum atomic E-state index is 13.2. The van der Waals surface area contributed by atoms with Gasteiger partial charge in [-0.2, -0.15) is 0 Å². The van der Waals surface area contributed by atoms with Gasteiger partial charge in [-0.1, -0.05) is 52.3 Å². The minimum atomic E-state index is -1.55. The van der Waals surface area contributed by atoms with Crippen LogP contribution in [0.2, 0.25) is 0 Å². The molecular weight excluding hydrogens is 506 g/mol. The number of carboxylic acid groups (broad SMARTS) is 2. The Morgan fingerprint density at radius 3 is 2.13 bits per heavy atom. The van der Waals surface area contributed by atoms with Crippen molar-refractivity contribution in [2.75, 3.05) is 0 Å². The van der Waals surface area contributed by atoms with Gasteiger partial charge in [0.2, 0.25) is 17.7 Å². The van der Waals surface area contributed by atoms with Gasteiger partial charge in [0, 0.05) is 17.1 Å². The van der Waals surface area contributed by atoms with Crippen molar-refractivity contribution in [1.29, 1.82) is 0 Å². The lowest BCUT2D eigenvalue weighted by molar-refractivity contribution is -0.144. The number of para-hydroxylation sites is 1. The first-order valence-electron chi connectivity index (χ1n) is 13.0. The molecule has 0 saturated carbocycles. The molecule has 5 atom stereocenters. The standard InChI is InChI=1S/C27H39N5O7/c1-5-15(4)23(27(38)39)32-26(37)21(12-22(33)34)31-25(36)20(10-14(2)3)30-24(35)18(28)11-16-13-29-19-9-7-6-8-17(16)19/h6-9,13-15,18,20-21,23,29H,5,10-12,28H2,1-4H3,(H,30,35)(H,31,36)(H,32,37)(H,33,34)(H,38,39). The van der Waals surface area contributed by atoms with Crippen LogP contribution >= 0.6 is 0 Å². The van der Waals surface area contributed by atoms with Gasteiger partial charge in [-0.05, 0) is 36.3 Å². The predicted molar refractivity (Wildman–Crippen MR) is 145 cm³/mol. The molecule has 5 unspecified atom stereocenters. The van der Waals surface area contributed by atoms with Crippen molar-refractivity contribution in [2.24, 2.45) is 17.6 Å². The predicted octanol–water partition coefficient (Wildman–Crippen LogP) is 1.14. The van der Waals surface area contributed by atoms with E-state index in [1.54, 1.807) is 20.0 Å². The molecule has 1 aromatic heterocycles. The minimum Gasteiger partial charge on any atom is -0.481 e. The third kappa shape index (κ3) is 9.10. The van der Waals surface area contributed by atoms with Gasteiger partial charge in [0.15, 0.2) is 0 Å². The molecule has 0 aliphatic carbocycles. The summed E-state index contributed by atoms with van der Waals surface area (Å²) in [6, 6.07) is 2.69. The summed E-state index contributed by atoms with van der Waals surface area (Å²) in [6.45, 7) is 7.07. The molecule has 12 nitrogen and oxygen atoms in total. The quantitative estimate of drug-likeness (QED) is 0.172. The number of carbonyl (C=O) groups excluding carboxylic acids is 3. The van der Waals surface area contributed by atoms with E-state index in [2.05, 4.69) is 20.9 Å². The Balaban J connectivity index is 2.15. The second-order valence-electron chi connectivity index (χ2n) is 10.2. The van der Waals surface area contributed by atoms with Gasteiger partial charge >= 0.3 is 11.9 Å². The third-order valence-electron chi connectivity index (χ3n) is 6.58. The molecule has 39 heavy (non-hydrogen) atoms. The Bertz CT molecular complexity index is 1180. The van der Waals surface area contributed by atoms with Crippen molar-refractivity contribution >= 4 is 40.6 Å². The maximum Gasteiger partial charge on any atom is 0.326 e. The molecular formula is C27H39N5O7. The topological polar surface area (TPSA) is 204 Å². The van der Waals surface area contributed by atoms with E-state index in [1.807, 2.05) is 38.1 Å². The summed E-state index contributed by atoms with van der Waals surface area (Å²) in [7, 11) is 0. The number of aliphatic carboxylic acids is 2. The molecule has 2 rings (SSSR count). The van der Waals surface area contributed by atoms with Crippen LogP contribution in [-0.2, 0) is 30.4 Å². The molecule has 1 heterocycles. The number of H-pyrrole nitrogens is 1. The first-order chi connectivity index (χ1) is 18.3. The Morgan fingerprint density at radius 2 is 1.54 bits per heavy atom. The number of aromatic amines is 1. The van der Waals surface area contributed by atoms with Crippen LogP contribution in [0.25, 0.3) is 10.9 Å². The number of nitrogens with two attached hydrogens (primary N) is 1. The molecule has 0 radical (unpaired) electrons. The fraction of sp³-hybridized carbons (Fsp3) is 0.519. The summed E-state index contributed by atoms with van der Waals surface area (Å²) in [5.41, 5.74) is 7.90. The molecule has 0 spiro atoms. The van der Waals surface area contributed by atoms with Crippen molar-refractivity contribution in [3.05, 3.63) is 36.0 Å². The van der Waals surface area contributed by atoms with Crippen molar-refractivity contribution in [1.82, 2.24) is 20.9 Å². The smallest absolute Gasteiger partial charge is 0.326 e. The first kappa shape index (κ1) is 31.3. The molecule has 0 fully saturated rings. The summed E-state index contributed by atoms with van der Waals surface area (Å²) >= 11 is 0. The van der Waals surface area contributed by atoms with Gasteiger partial charge in [-0.25, -0.2) is 4.79 Å². The SMILES string of the molecule is CCC(C)C(NC(=O)C(CC(=O)O)NC(=O)C(CC(C)C)NC(=O)C(N)Cc1c[nH]c2ccccc12)C(=O)O. The van der Waals surface area contributed by atoms with E-state index >= 15 is 0 Å². The third-order valence-corrected chi connectivity index (χ3v) is 6.58. The first-order valence-corrected chi connectivity index (χ1v) is 13.0. The number of rotatable bonds is 15. The number of fused-ring (bicyclic) bond motifs is 1. The fourth-order valence-corrected chi connectivity index (χ4v) is 4.20. The van der Waals surface area contributed by atoms with Crippen LogP contribution in [0.4, 0.5) is 0 Å². The van der Waals surface area contributed by atoms with Crippen LogP contribution in [0, 0.1) is 11.8 Å². The molecule has 2 aromatic rings. The molecule has 0 aliphatic heterocycles. The number of nitrogens with one attached hydrogen (secondary N) is 4. The molecule has 0 bridgehead atoms. The average Bonchev–Trinajstić information content (AvgIpc) is 3.27. The summed E-state index contributed by atoms with van der Waals surface area (Å²) < 4.78 is 0. The highest BCUT2D eigenvalue weighted by Crippen LogP contribution is 2.19. The Morgan fingerprint density at radius 1 is 0.923 bits per heavy atom. The summed E-state index contributed by atoms with van der Waals surface area (Å²) in [6.07, 6.45) is 1.86. The Labute approximate surface area is 227 Å². The highest BCUT2D eigenvalue weighted by molar-refractivity contribution is 5.96. The van der Waals surface area contributed by atoms with Crippen LogP contribution in [0.3, 0.4) is 0 Å². The summed E-state index contributed by atoms with van der Waals surface area (Å²) in [5, 5.41) is 27.1. The average molecular weight is 546 g/mol. The molecule has 8 N–H and O–H groups in total. The van der Waals surface area contributed by atoms with Crippen LogP contribution in [0.5, 0.6) is 0 Å². The molecule has 3 amide bonds. The zero-order valence-electron chi connectivity index (χ0n) is 22.7. The van der Waals surface area contributed by atoms with Crippen molar-refractivity contribution in [2.45, 2.75) is 77.5 Å². The van der Waals surface area contributed by atoms with Gasteiger partial charge in [-0.15, -0.1) is 0 Å². The van der Waals surface area contributed by atoms with E-state index in [1.165, 1.54) is 0 Å². The Kier molecular flexibility index (Phi) is 11.5. The zero-order valence-corrected chi connectivity index (χ0v) is 22.7. The molecule has 0 saturated heterocycles. The van der Waals surface area contributed by atoms with Gasteiger partial charge in [0.05, 0.1) is 12.5 Å². The summed E-state index contributed by atoms with van der Waals surface area (Å²) in [4.78, 5) is 65.2. The number of benzene rings is 1. The van der Waals surface area contributed by atoms with E-state index in [9.17, 15) is 34.2 Å². The van der Waals surface area contributed by atoms with Gasteiger partial charge in [-0.3, -0.25) is 19.2 Å². The summed E-state index contributed by atoms with van der Waals surface area (Å²) in [5.74, 6) is -5.40. The lowest BCUT2D eigenvalue weighted by Crippen LogP contribution is -2.58. The lowest BCUT2D eigenvalue weighted by Gasteiger charge is -2.26. The number of carboxylic acids is 2. The highest BCUT2D eigenvalue weighted by Gasteiger charge is 2.33. The highest BCUT2D eigenvalue weighted by atomic mass is 16.4. The monoisotopic (exact) mass is 545 g/mol. The van der Waals surface area contributed by atoms with Crippen molar-refractivity contribution < 1.29 is 34.2 Å². The van der Waals surface area contributed by atoms with Crippen LogP contribution in [0.15, 0.2) is 30.5 Å². The van der Waals surface area contributed by atoms with Crippen molar-refractivity contribution in [3.8, 4) is 0 Å². The van der Waals surface area contributed by atoms with Gasteiger partial charge < -0.3 is 36.9 Å². The normalized spacial score (nSPS) is 15.1. The van der Waals surface area contributed by atoms with E-state index in [4.69, 9.17) is 5.73 Å². The van der Waals surface area contributed by atoms with E-state index < -0.39 is 66.2 Å². The van der Waals surface area contributed by atoms with Crippen LogP contribution < -0.4 is 21.7 Å². The number of carbonyl (C=O) groups is 5.